The fourth-order valence-corrected chi connectivity index (χ4v) is 5.39. The molecule has 11 nitrogen and oxygen atoms in total. The van der Waals surface area contributed by atoms with Gasteiger partial charge in [0.05, 0.1) is 6.20 Å². The number of carbonyl (C=O) groups excluding carboxylic acids is 2. The normalized spacial score (nSPS) is 17.4. The summed E-state index contributed by atoms with van der Waals surface area (Å²) in [4.78, 5) is 33.7. The van der Waals surface area contributed by atoms with Crippen molar-refractivity contribution in [1.29, 1.82) is 0 Å². The molecule has 2 amide bonds. The van der Waals surface area contributed by atoms with Gasteiger partial charge in [0.15, 0.2) is 5.65 Å². The molecule has 0 radical (unpaired) electrons. The first kappa shape index (κ1) is 24.7. The lowest BCUT2D eigenvalue weighted by atomic mass is 10.0. The van der Waals surface area contributed by atoms with E-state index in [-0.39, 0.29) is 17.9 Å². The standard InChI is InChI=1S/C28H31N9O2/c1-2-25(38)31-21-9-7-19(8-10-21)27(39)36-15-5-6-22(18-36)32-28-33-24-12-11-23(20-16-29-30-17-20)26(37(24)34-28)35-13-3-4-14-35/h2,7-12,16-17,22H,1,3-6,13-15,18H2,(H,29,30)(H,31,38)(H,32,34). The van der Waals surface area contributed by atoms with Crippen LogP contribution in [0.15, 0.2) is 61.4 Å². The van der Waals surface area contributed by atoms with Gasteiger partial charge in [0.25, 0.3) is 5.91 Å². The van der Waals surface area contributed by atoms with E-state index in [1.807, 2.05) is 27.9 Å². The molecule has 0 aliphatic carbocycles. The molecule has 3 N–H and O–H groups in total. The van der Waals surface area contributed by atoms with Crippen LogP contribution in [-0.2, 0) is 4.79 Å². The zero-order valence-corrected chi connectivity index (χ0v) is 21.6. The van der Waals surface area contributed by atoms with Gasteiger partial charge < -0.3 is 20.4 Å². The van der Waals surface area contributed by atoms with Crippen molar-refractivity contribution in [2.24, 2.45) is 0 Å². The van der Waals surface area contributed by atoms with Crippen molar-refractivity contribution in [3.63, 3.8) is 0 Å². The number of aromatic amines is 1. The highest BCUT2D eigenvalue weighted by atomic mass is 16.2. The Bertz CT molecular complexity index is 1490. The largest absolute Gasteiger partial charge is 0.356 e. The Morgan fingerprint density at radius 1 is 1.05 bits per heavy atom. The highest BCUT2D eigenvalue weighted by Crippen LogP contribution is 2.33. The van der Waals surface area contributed by atoms with E-state index < -0.39 is 0 Å². The molecule has 200 valence electrons. The summed E-state index contributed by atoms with van der Waals surface area (Å²) in [6.45, 7) is 6.67. The minimum Gasteiger partial charge on any atom is -0.356 e. The van der Waals surface area contributed by atoms with Crippen molar-refractivity contribution < 1.29 is 9.59 Å². The summed E-state index contributed by atoms with van der Waals surface area (Å²) in [6, 6.07) is 11.0. The number of carbonyl (C=O) groups is 2. The number of hydrogen-bond donors (Lipinski definition) is 3. The van der Waals surface area contributed by atoms with Crippen LogP contribution in [0.25, 0.3) is 16.8 Å². The number of amides is 2. The number of rotatable bonds is 7. The molecule has 6 rings (SSSR count). The summed E-state index contributed by atoms with van der Waals surface area (Å²) < 4.78 is 1.93. The van der Waals surface area contributed by atoms with Crippen LogP contribution in [0, 0.1) is 0 Å². The molecular formula is C28H31N9O2. The number of nitrogens with zero attached hydrogens (tertiary/aromatic N) is 6. The first-order valence-corrected chi connectivity index (χ1v) is 13.3. The van der Waals surface area contributed by atoms with Gasteiger partial charge in [-0.25, -0.2) is 0 Å². The van der Waals surface area contributed by atoms with Crippen LogP contribution in [-0.4, -0.2) is 73.7 Å². The number of benzene rings is 1. The zero-order chi connectivity index (χ0) is 26.8. The van der Waals surface area contributed by atoms with Crippen molar-refractivity contribution in [3.05, 3.63) is 67.0 Å². The molecule has 1 unspecified atom stereocenters. The second-order valence-electron chi connectivity index (χ2n) is 9.96. The summed E-state index contributed by atoms with van der Waals surface area (Å²) in [5.74, 6) is 1.26. The Kier molecular flexibility index (Phi) is 6.70. The molecule has 1 aromatic carbocycles. The number of pyridine rings is 1. The third-order valence-corrected chi connectivity index (χ3v) is 7.31. The van der Waals surface area contributed by atoms with Crippen LogP contribution in [0.2, 0.25) is 0 Å². The van der Waals surface area contributed by atoms with Gasteiger partial charge in [0.2, 0.25) is 11.9 Å². The minimum atomic E-state index is -0.287. The van der Waals surface area contributed by atoms with E-state index in [2.05, 4.69) is 38.4 Å². The smallest absolute Gasteiger partial charge is 0.253 e. The van der Waals surface area contributed by atoms with E-state index in [9.17, 15) is 9.59 Å². The predicted octanol–water partition coefficient (Wildman–Crippen LogP) is 3.56. The lowest BCUT2D eigenvalue weighted by Gasteiger charge is -2.33. The van der Waals surface area contributed by atoms with E-state index in [0.29, 0.717) is 30.3 Å². The third-order valence-electron chi connectivity index (χ3n) is 7.31. The maximum atomic E-state index is 13.2. The molecule has 2 fully saturated rings. The lowest BCUT2D eigenvalue weighted by molar-refractivity contribution is -0.111. The Hall–Kier alpha value is -4.67. The molecule has 2 aliphatic heterocycles. The predicted molar refractivity (Wildman–Crippen MR) is 150 cm³/mol. The van der Waals surface area contributed by atoms with Gasteiger partial charge in [0, 0.05) is 60.8 Å². The van der Waals surface area contributed by atoms with E-state index >= 15 is 0 Å². The molecule has 0 spiro atoms. The number of nitrogens with one attached hydrogen (secondary N) is 3. The Balaban J connectivity index is 1.19. The van der Waals surface area contributed by atoms with E-state index in [1.54, 1.807) is 24.3 Å². The average Bonchev–Trinajstić information content (AvgIpc) is 3.75. The third kappa shape index (κ3) is 5.07. The summed E-state index contributed by atoms with van der Waals surface area (Å²) in [6.07, 6.45) is 9.05. The second kappa shape index (κ2) is 10.6. The number of likely N-dealkylation sites (tertiary alicyclic amines) is 1. The van der Waals surface area contributed by atoms with Crippen LogP contribution in [0.3, 0.4) is 0 Å². The SMILES string of the molecule is C=CC(=O)Nc1ccc(C(=O)N2CCCC(Nc3nc4ccc(-c5cn[nH]c5)c(N5CCCC5)n4n3)C2)cc1. The molecule has 2 saturated heterocycles. The number of anilines is 3. The maximum Gasteiger partial charge on any atom is 0.253 e. The number of piperidine rings is 1. The van der Waals surface area contributed by atoms with Gasteiger partial charge in [-0.15, -0.1) is 5.10 Å². The molecule has 0 saturated carbocycles. The molecule has 1 atom stereocenters. The number of aromatic nitrogens is 5. The van der Waals surface area contributed by atoms with Gasteiger partial charge >= 0.3 is 0 Å². The van der Waals surface area contributed by atoms with Crippen molar-refractivity contribution >= 4 is 34.9 Å². The fourth-order valence-electron chi connectivity index (χ4n) is 5.39. The van der Waals surface area contributed by atoms with Crippen LogP contribution < -0.4 is 15.5 Å². The van der Waals surface area contributed by atoms with Gasteiger partial charge in [-0.3, -0.25) is 14.7 Å². The van der Waals surface area contributed by atoms with Crippen molar-refractivity contribution in [3.8, 4) is 11.1 Å². The topological polar surface area (TPSA) is 124 Å². The molecule has 2 aliphatic rings. The fraction of sp³-hybridized carbons (Fsp3) is 0.321. The summed E-state index contributed by atoms with van der Waals surface area (Å²) in [5, 5.41) is 18.1. The van der Waals surface area contributed by atoms with Gasteiger partial charge in [-0.2, -0.15) is 14.6 Å². The first-order chi connectivity index (χ1) is 19.1. The monoisotopic (exact) mass is 525 g/mol. The lowest BCUT2D eigenvalue weighted by Crippen LogP contribution is -2.45. The number of fused-ring (bicyclic) bond motifs is 1. The summed E-state index contributed by atoms with van der Waals surface area (Å²) in [7, 11) is 0. The molecule has 11 heteroatoms. The van der Waals surface area contributed by atoms with Gasteiger partial charge in [-0.1, -0.05) is 6.58 Å². The Morgan fingerprint density at radius 2 is 1.87 bits per heavy atom. The minimum absolute atomic E-state index is 0.0351. The molecule has 0 bridgehead atoms. The van der Waals surface area contributed by atoms with Gasteiger partial charge in [0.1, 0.15) is 5.82 Å². The Morgan fingerprint density at radius 3 is 2.62 bits per heavy atom. The van der Waals surface area contributed by atoms with Gasteiger partial charge in [-0.05, 0) is 68.2 Å². The highest BCUT2D eigenvalue weighted by molar-refractivity contribution is 5.99. The van der Waals surface area contributed by atoms with Crippen LogP contribution in [0.4, 0.5) is 17.5 Å². The first-order valence-electron chi connectivity index (χ1n) is 13.3. The number of hydrogen-bond acceptors (Lipinski definition) is 7. The highest BCUT2D eigenvalue weighted by Gasteiger charge is 2.27. The number of H-pyrrole nitrogens is 1. The molecule has 39 heavy (non-hydrogen) atoms. The van der Waals surface area contributed by atoms with Crippen molar-refractivity contribution in [1.82, 2.24) is 29.7 Å². The summed E-state index contributed by atoms with van der Waals surface area (Å²) >= 11 is 0. The average molecular weight is 526 g/mol. The second-order valence-corrected chi connectivity index (χ2v) is 9.96. The van der Waals surface area contributed by atoms with E-state index in [0.717, 1.165) is 61.4 Å². The maximum absolute atomic E-state index is 13.2. The van der Waals surface area contributed by atoms with Crippen LogP contribution >= 0.6 is 0 Å². The quantitative estimate of drug-likeness (QED) is 0.315. The van der Waals surface area contributed by atoms with Crippen molar-refractivity contribution in [2.45, 2.75) is 31.7 Å². The summed E-state index contributed by atoms with van der Waals surface area (Å²) in [5.41, 5.74) is 4.07. The molecule has 5 heterocycles. The molecule has 3 aromatic heterocycles. The van der Waals surface area contributed by atoms with Crippen LogP contribution in [0.1, 0.15) is 36.0 Å². The van der Waals surface area contributed by atoms with E-state index in [4.69, 9.17) is 10.1 Å². The van der Waals surface area contributed by atoms with Crippen molar-refractivity contribution in [2.75, 3.05) is 41.7 Å². The molecular weight excluding hydrogens is 494 g/mol. The molecule has 4 aromatic rings. The van der Waals surface area contributed by atoms with E-state index in [1.165, 1.54) is 6.08 Å². The van der Waals surface area contributed by atoms with Crippen LogP contribution in [0.5, 0.6) is 0 Å². The Labute approximate surface area is 225 Å². The zero-order valence-electron chi connectivity index (χ0n) is 21.6.